The van der Waals surface area contributed by atoms with Gasteiger partial charge in [-0.3, -0.25) is 4.79 Å². The fraction of sp³-hybridized carbons (Fsp3) is 0.238. The standard InChI is InChI=1S/C21H19FO4/c1-3-14-11-16-13(2)10-21(24)26-19(16)12-18(14)25-20(23)9-8-15-6-4-5-7-17(15)22/h4-7,10-12H,3,8-9H2,1-2H3. The van der Waals surface area contributed by atoms with E-state index in [0.717, 1.165) is 16.5 Å². The minimum absolute atomic E-state index is 0.0554. The Balaban J connectivity index is 1.82. The monoisotopic (exact) mass is 354 g/mol. The molecule has 134 valence electrons. The molecule has 0 aliphatic heterocycles. The van der Waals surface area contributed by atoms with Crippen molar-refractivity contribution in [3.8, 4) is 5.75 Å². The van der Waals surface area contributed by atoms with Crippen LogP contribution >= 0.6 is 0 Å². The molecule has 0 atom stereocenters. The van der Waals surface area contributed by atoms with Crippen LogP contribution < -0.4 is 10.4 Å². The SMILES string of the molecule is CCc1cc2c(C)cc(=O)oc2cc1OC(=O)CCc1ccccc1F. The molecule has 0 unspecified atom stereocenters. The molecule has 0 bridgehead atoms. The van der Waals surface area contributed by atoms with E-state index in [-0.39, 0.29) is 18.7 Å². The van der Waals surface area contributed by atoms with Crippen molar-refractivity contribution in [3.05, 3.63) is 75.4 Å². The zero-order valence-electron chi connectivity index (χ0n) is 14.7. The first kappa shape index (κ1) is 17.9. The number of halogens is 1. The first-order valence-corrected chi connectivity index (χ1v) is 8.49. The molecule has 0 amide bonds. The number of fused-ring (bicyclic) bond motifs is 1. The maximum Gasteiger partial charge on any atom is 0.336 e. The van der Waals surface area contributed by atoms with Crippen LogP contribution in [0, 0.1) is 12.7 Å². The van der Waals surface area contributed by atoms with Gasteiger partial charge in [-0.15, -0.1) is 0 Å². The van der Waals surface area contributed by atoms with E-state index >= 15 is 0 Å². The number of carbonyl (C=O) groups excluding carboxylic acids is 1. The van der Waals surface area contributed by atoms with Gasteiger partial charge in [-0.05, 0) is 48.6 Å². The Bertz CT molecular complexity index is 1020. The average Bonchev–Trinajstić information content (AvgIpc) is 2.60. The molecule has 0 saturated heterocycles. The zero-order chi connectivity index (χ0) is 18.7. The van der Waals surface area contributed by atoms with Crippen molar-refractivity contribution in [1.82, 2.24) is 0 Å². The Morgan fingerprint density at radius 2 is 1.92 bits per heavy atom. The molecular weight excluding hydrogens is 335 g/mol. The van der Waals surface area contributed by atoms with Crippen LogP contribution in [0.1, 0.15) is 30.0 Å². The summed E-state index contributed by atoms with van der Waals surface area (Å²) in [4.78, 5) is 23.8. The van der Waals surface area contributed by atoms with Crippen molar-refractivity contribution in [3.63, 3.8) is 0 Å². The molecule has 0 N–H and O–H groups in total. The molecule has 0 fully saturated rings. The number of ether oxygens (including phenoxy) is 1. The van der Waals surface area contributed by atoms with E-state index in [0.29, 0.717) is 23.3 Å². The second-order valence-electron chi connectivity index (χ2n) is 6.12. The normalized spacial score (nSPS) is 10.9. The Labute approximate surface area is 150 Å². The smallest absolute Gasteiger partial charge is 0.336 e. The van der Waals surface area contributed by atoms with Crippen molar-refractivity contribution in [2.75, 3.05) is 0 Å². The lowest BCUT2D eigenvalue weighted by Gasteiger charge is -2.11. The van der Waals surface area contributed by atoms with Crippen LogP contribution in [0.4, 0.5) is 4.39 Å². The number of hydrogen-bond donors (Lipinski definition) is 0. The van der Waals surface area contributed by atoms with Gasteiger partial charge in [-0.25, -0.2) is 9.18 Å². The molecule has 3 aromatic rings. The minimum atomic E-state index is -0.461. The summed E-state index contributed by atoms with van der Waals surface area (Å²) >= 11 is 0. The molecule has 0 aliphatic carbocycles. The zero-order valence-corrected chi connectivity index (χ0v) is 14.7. The molecule has 2 aromatic carbocycles. The van der Waals surface area contributed by atoms with E-state index in [1.807, 2.05) is 19.9 Å². The Hall–Kier alpha value is -2.95. The van der Waals surface area contributed by atoms with E-state index in [4.69, 9.17) is 9.15 Å². The van der Waals surface area contributed by atoms with Crippen LogP contribution in [0.5, 0.6) is 5.75 Å². The molecule has 4 nitrogen and oxygen atoms in total. The van der Waals surface area contributed by atoms with E-state index < -0.39 is 11.6 Å². The lowest BCUT2D eigenvalue weighted by atomic mass is 10.1. The van der Waals surface area contributed by atoms with Gasteiger partial charge in [0.15, 0.2) is 0 Å². The van der Waals surface area contributed by atoms with Gasteiger partial charge in [0.1, 0.15) is 17.1 Å². The Morgan fingerprint density at radius 3 is 2.65 bits per heavy atom. The first-order chi connectivity index (χ1) is 12.5. The molecule has 26 heavy (non-hydrogen) atoms. The molecule has 0 spiro atoms. The highest BCUT2D eigenvalue weighted by Crippen LogP contribution is 2.28. The summed E-state index contributed by atoms with van der Waals surface area (Å²) < 4.78 is 24.3. The van der Waals surface area contributed by atoms with Crippen LogP contribution in [0.3, 0.4) is 0 Å². The molecule has 1 heterocycles. The van der Waals surface area contributed by atoms with Gasteiger partial charge in [-0.2, -0.15) is 0 Å². The number of esters is 1. The molecule has 5 heteroatoms. The van der Waals surface area contributed by atoms with Gasteiger partial charge in [0.25, 0.3) is 0 Å². The summed E-state index contributed by atoms with van der Waals surface area (Å²) in [5.74, 6) is -0.429. The largest absolute Gasteiger partial charge is 0.426 e. The van der Waals surface area contributed by atoms with Gasteiger partial charge >= 0.3 is 11.6 Å². The van der Waals surface area contributed by atoms with Crippen LogP contribution in [0.2, 0.25) is 0 Å². The second kappa shape index (κ2) is 7.52. The molecule has 1 aromatic heterocycles. The topological polar surface area (TPSA) is 56.5 Å². The Kier molecular flexibility index (Phi) is 5.16. The summed E-state index contributed by atoms with van der Waals surface area (Å²) in [5.41, 5.74) is 2.05. The summed E-state index contributed by atoms with van der Waals surface area (Å²) in [6.45, 7) is 3.78. The number of benzene rings is 2. The highest BCUT2D eigenvalue weighted by Gasteiger charge is 2.14. The van der Waals surface area contributed by atoms with Gasteiger partial charge in [0.05, 0.1) is 6.42 Å². The van der Waals surface area contributed by atoms with E-state index in [1.165, 1.54) is 12.1 Å². The van der Waals surface area contributed by atoms with Gasteiger partial charge in [0.2, 0.25) is 0 Å². The molecule has 0 aliphatic rings. The van der Waals surface area contributed by atoms with Crippen LogP contribution in [-0.4, -0.2) is 5.97 Å². The minimum Gasteiger partial charge on any atom is -0.426 e. The predicted octanol–water partition coefficient (Wildman–Crippen LogP) is 4.34. The summed E-state index contributed by atoms with van der Waals surface area (Å²) in [7, 11) is 0. The van der Waals surface area contributed by atoms with Gasteiger partial charge in [-0.1, -0.05) is 25.1 Å². The predicted molar refractivity (Wildman–Crippen MR) is 97.0 cm³/mol. The van der Waals surface area contributed by atoms with E-state index in [1.54, 1.807) is 24.3 Å². The maximum atomic E-state index is 13.6. The van der Waals surface area contributed by atoms with Crippen molar-refractivity contribution in [1.29, 1.82) is 0 Å². The second-order valence-corrected chi connectivity index (χ2v) is 6.12. The van der Waals surface area contributed by atoms with Gasteiger partial charge in [0, 0.05) is 17.5 Å². The third-order valence-corrected chi connectivity index (χ3v) is 4.29. The van der Waals surface area contributed by atoms with Gasteiger partial charge < -0.3 is 9.15 Å². The van der Waals surface area contributed by atoms with Crippen LogP contribution in [0.25, 0.3) is 11.0 Å². The maximum absolute atomic E-state index is 13.6. The van der Waals surface area contributed by atoms with Crippen LogP contribution in [-0.2, 0) is 17.6 Å². The molecule has 0 saturated carbocycles. The summed E-state index contributed by atoms with van der Waals surface area (Å²) in [6, 6.07) is 11.2. The van der Waals surface area contributed by atoms with Crippen molar-refractivity contribution >= 4 is 16.9 Å². The lowest BCUT2D eigenvalue weighted by Crippen LogP contribution is -2.11. The third kappa shape index (κ3) is 3.82. The number of aryl methyl sites for hydroxylation is 3. The third-order valence-electron chi connectivity index (χ3n) is 4.29. The van der Waals surface area contributed by atoms with E-state index in [2.05, 4.69) is 0 Å². The quantitative estimate of drug-likeness (QED) is 0.388. The highest BCUT2D eigenvalue weighted by molar-refractivity contribution is 5.84. The number of hydrogen-bond acceptors (Lipinski definition) is 4. The van der Waals surface area contributed by atoms with Crippen molar-refractivity contribution < 1.29 is 18.3 Å². The fourth-order valence-corrected chi connectivity index (χ4v) is 2.87. The first-order valence-electron chi connectivity index (χ1n) is 8.49. The van der Waals surface area contributed by atoms with Crippen LogP contribution in [0.15, 0.2) is 51.7 Å². The lowest BCUT2D eigenvalue weighted by molar-refractivity contribution is -0.134. The van der Waals surface area contributed by atoms with Crippen molar-refractivity contribution in [2.24, 2.45) is 0 Å². The highest BCUT2D eigenvalue weighted by atomic mass is 19.1. The van der Waals surface area contributed by atoms with E-state index in [9.17, 15) is 14.0 Å². The number of carbonyl (C=O) groups is 1. The summed E-state index contributed by atoms with van der Waals surface area (Å²) in [6.07, 6.45) is 0.971. The molecule has 0 radical (unpaired) electrons. The fourth-order valence-electron chi connectivity index (χ4n) is 2.87. The summed E-state index contributed by atoms with van der Waals surface area (Å²) in [5, 5.41) is 0.813. The molecular formula is C21H19FO4. The van der Waals surface area contributed by atoms with Crippen molar-refractivity contribution in [2.45, 2.75) is 33.1 Å². The average molecular weight is 354 g/mol. The molecule has 3 rings (SSSR count). The number of rotatable bonds is 5. The Morgan fingerprint density at radius 1 is 1.15 bits per heavy atom.